The molecule has 4 heterocycles. The first kappa shape index (κ1) is 34.3. The van der Waals surface area contributed by atoms with Gasteiger partial charge in [-0.05, 0) is 100 Å². The number of nitrogens with zero attached hydrogens (tertiary/aromatic N) is 4. The van der Waals surface area contributed by atoms with Gasteiger partial charge in [0.05, 0.1) is 0 Å². The molecule has 4 aliphatic heterocycles. The Balaban J connectivity index is 1.25. The molecule has 0 aromatic heterocycles. The van der Waals surface area contributed by atoms with Crippen LogP contribution in [0.1, 0.15) is 0 Å². The van der Waals surface area contributed by atoms with Crippen molar-refractivity contribution in [2.75, 3.05) is 19.2 Å². The molecule has 0 spiro atoms. The van der Waals surface area contributed by atoms with Gasteiger partial charge in [0.1, 0.15) is 0 Å². The lowest BCUT2D eigenvalue weighted by molar-refractivity contribution is 1.24. The van der Waals surface area contributed by atoms with Gasteiger partial charge in [-0.3, -0.25) is 0 Å². The third-order valence-electron chi connectivity index (χ3n) is 13.2. The summed E-state index contributed by atoms with van der Waals surface area (Å²) in [6.45, 7) is -0.396. The van der Waals surface area contributed by atoms with Crippen LogP contribution in [0.25, 0.3) is 22.3 Å². The van der Waals surface area contributed by atoms with Crippen molar-refractivity contribution < 1.29 is 0 Å². The first-order valence-electron chi connectivity index (χ1n) is 21.3. The minimum absolute atomic E-state index is 0.0998. The SMILES string of the molecule is c1ccc(B2c3cc4c5c6c3-c3c(cccc3N(c3ccccc3)B6N(c3ccccc3)c3cccc(c3-5)N(c3ccccc3)B4c3ccccc3)N2c2ccccc2)cc1. The van der Waals surface area contributed by atoms with Gasteiger partial charge in [-0.1, -0.05) is 163 Å². The molecule has 0 unspecified atom stereocenters. The molecule has 0 atom stereocenters. The van der Waals surface area contributed by atoms with E-state index in [9.17, 15) is 0 Å². The van der Waals surface area contributed by atoms with Gasteiger partial charge < -0.3 is 19.2 Å². The van der Waals surface area contributed by atoms with Crippen LogP contribution in [0.2, 0.25) is 0 Å². The molecule has 4 nitrogen and oxygen atoms in total. The number of rotatable bonds is 6. The van der Waals surface area contributed by atoms with Crippen LogP contribution in [-0.2, 0) is 0 Å². The van der Waals surface area contributed by atoms with Gasteiger partial charge in [0.2, 0.25) is 0 Å². The molecular formula is C54H37B3N4. The van der Waals surface area contributed by atoms with Crippen molar-refractivity contribution >= 4 is 93.5 Å². The second-order valence-electron chi connectivity index (χ2n) is 16.4. The quantitative estimate of drug-likeness (QED) is 0.156. The van der Waals surface area contributed by atoms with Crippen molar-refractivity contribution in [2.45, 2.75) is 0 Å². The highest BCUT2D eigenvalue weighted by Crippen LogP contribution is 2.56. The minimum atomic E-state index is -0.196. The van der Waals surface area contributed by atoms with Crippen LogP contribution < -0.4 is 46.6 Å². The first-order valence-corrected chi connectivity index (χ1v) is 21.3. The van der Waals surface area contributed by atoms with Gasteiger partial charge in [-0.25, -0.2) is 0 Å². The summed E-state index contributed by atoms with van der Waals surface area (Å²) in [6.07, 6.45) is 0. The van der Waals surface area contributed by atoms with Crippen molar-refractivity contribution in [1.82, 2.24) is 0 Å². The zero-order valence-corrected chi connectivity index (χ0v) is 33.4. The Morgan fingerprint density at radius 1 is 0.262 bits per heavy atom. The third-order valence-corrected chi connectivity index (χ3v) is 13.2. The van der Waals surface area contributed by atoms with Gasteiger partial charge in [0.15, 0.2) is 0 Å². The maximum absolute atomic E-state index is 2.63. The van der Waals surface area contributed by atoms with Crippen LogP contribution in [0.5, 0.6) is 0 Å². The van der Waals surface area contributed by atoms with Crippen molar-refractivity contribution in [3.63, 3.8) is 0 Å². The topological polar surface area (TPSA) is 13.0 Å². The smallest absolute Gasteiger partial charge is 0.376 e. The fourth-order valence-electron chi connectivity index (χ4n) is 11.0. The molecule has 7 heteroatoms. The van der Waals surface area contributed by atoms with E-state index in [0.29, 0.717) is 0 Å². The van der Waals surface area contributed by atoms with Crippen LogP contribution in [-0.4, -0.2) is 20.7 Å². The summed E-state index contributed by atoms with van der Waals surface area (Å²) in [7, 11) is 0. The van der Waals surface area contributed by atoms with E-state index >= 15 is 0 Å². The summed E-state index contributed by atoms with van der Waals surface area (Å²) < 4.78 is 0. The summed E-state index contributed by atoms with van der Waals surface area (Å²) in [5, 5.41) is 0. The average molecular weight is 774 g/mol. The molecule has 9 aromatic carbocycles. The highest BCUT2D eigenvalue weighted by molar-refractivity contribution is 6.97. The van der Waals surface area contributed by atoms with E-state index in [2.05, 4.69) is 244 Å². The molecule has 9 aromatic rings. The van der Waals surface area contributed by atoms with Gasteiger partial charge in [0.25, 0.3) is 0 Å². The van der Waals surface area contributed by atoms with Crippen LogP contribution in [0, 0.1) is 0 Å². The zero-order valence-electron chi connectivity index (χ0n) is 33.4. The van der Waals surface area contributed by atoms with E-state index in [-0.39, 0.29) is 20.7 Å². The predicted molar refractivity (Wildman–Crippen MR) is 260 cm³/mol. The summed E-state index contributed by atoms with van der Waals surface area (Å²) in [6, 6.07) is 83.0. The maximum atomic E-state index is 2.63. The lowest BCUT2D eigenvalue weighted by atomic mass is 9.37. The van der Waals surface area contributed by atoms with E-state index in [4.69, 9.17) is 0 Å². The highest BCUT2D eigenvalue weighted by Gasteiger charge is 2.55. The Labute approximate surface area is 357 Å². The van der Waals surface area contributed by atoms with Crippen molar-refractivity contribution in [3.8, 4) is 22.3 Å². The number of anilines is 8. The molecule has 0 fully saturated rings. The molecule has 61 heavy (non-hydrogen) atoms. The van der Waals surface area contributed by atoms with E-state index < -0.39 is 0 Å². The van der Waals surface area contributed by atoms with E-state index in [0.717, 1.165) is 11.4 Å². The molecule has 0 bridgehead atoms. The number of hydrogen-bond acceptors (Lipinski definition) is 4. The van der Waals surface area contributed by atoms with Gasteiger partial charge in [0, 0.05) is 56.6 Å². The Kier molecular flexibility index (Phi) is 7.55. The normalized spacial score (nSPS) is 14.0. The fraction of sp³-hybridized carbons (Fsp3) is 0. The second-order valence-corrected chi connectivity index (χ2v) is 16.4. The lowest BCUT2D eigenvalue weighted by Gasteiger charge is -2.53. The third kappa shape index (κ3) is 4.92. The second kappa shape index (κ2) is 13.5. The Morgan fingerprint density at radius 2 is 0.557 bits per heavy atom. The largest absolute Gasteiger partial charge is 0.421 e. The van der Waals surface area contributed by atoms with E-state index in [1.165, 1.54) is 83.7 Å². The fourth-order valence-corrected chi connectivity index (χ4v) is 11.0. The highest BCUT2D eigenvalue weighted by atomic mass is 15.3. The molecule has 0 saturated carbocycles. The van der Waals surface area contributed by atoms with Crippen molar-refractivity contribution in [2.24, 2.45) is 0 Å². The lowest BCUT2D eigenvalue weighted by Crippen LogP contribution is -2.70. The average Bonchev–Trinajstić information content (AvgIpc) is 3.34. The standard InChI is InChI=1S/C54H37B3N4/c1-7-21-38(22-8-1)55-44-37-45-51-53-47(59(41-27-13-4-14-28-41)56(45)39-23-9-2-10-24-39)34-20-36-49(53)61(43-31-17-6-18-32-43)57-54(51)50(44)52-46(58(55)40-25-11-3-12-26-40)33-19-35-48(52)60(57)42-29-15-5-16-30-42/h1-37H. The van der Waals surface area contributed by atoms with Crippen molar-refractivity contribution in [1.29, 1.82) is 0 Å². The van der Waals surface area contributed by atoms with Crippen molar-refractivity contribution in [3.05, 3.63) is 224 Å². The molecule has 282 valence electrons. The van der Waals surface area contributed by atoms with Crippen LogP contribution in [0.4, 0.5) is 45.5 Å². The molecule has 0 amide bonds. The molecule has 0 radical (unpaired) electrons. The van der Waals surface area contributed by atoms with Crippen LogP contribution >= 0.6 is 0 Å². The number of hydrogen-bond donors (Lipinski definition) is 0. The van der Waals surface area contributed by atoms with Gasteiger partial charge >= 0.3 is 20.7 Å². The molecular weight excluding hydrogens is 737 g/mol. The summed E-state index contributed by atoms with van der Waals surface area (Å²) in [4.78, 5) is 10.5. The molecule has 0 N–H and O–H groups in total. The number of para-hydroxylation sites is 4. The molecule has 4 aliphatic rings. The summed E-state index contributed by atoms with van der Waals surface area (Å²) >= 11 is 0. The van der Waals surface area contributed by atoms with Crippen LogP contribution in [0.15, 0.2) is 224 Å². The zero-order chi connectivity index (χ0) is 40.0. The monoisotopic (exact) mass is 774 g/mol. The van der Waals surface area contributed by atoms with Crippen LogP contribution in [0.3, 0.4) is 0 Å². The van der Waals surface area contributed by atoms with E-state index in [1.807, 2.05) is 0 Å². The Bertz CT molecular complexity index is 2910. The first-order chi connectivity index (χ1) is 30.3. The minimum Gasteiger partial charge on any atom is -0.376 e. The van der Waals surface area contributed by atoms with E-state index in [1.54, 1.807) is 0 Å². The Morgan fingerprint density at radius 3 is 0.902 bits per heavy atom. The maximum Gasteiger partial charge on any atom is 0.421 e. The molecule has 0 aliphatic carbocycles. The van der Waals surface area contributed by atoms with Gasteiger partial charge in [-0.2, -0.15) is 0 Å². The molecule has 0 saturated heterocycles. The Hall–Kier alpha value is -7.63. The number of benzene rings is 9. The summed E-state index contributed by atoms with van der Waals surface area (Å²) in [5.41, 5.74) is 21.3. The predicted octanol–water partition coefficient (Wildman–Crippen LogP) is 9.53. The van der Waals surface area contributed by atoms with Gasteiger partial charge in [-0.15, -0.1) is 0 Å². The molecule has 13 rings (SSSR count). The summed E-state index contributed by atoms with van der Waals surface area (Å²) in [5.74, 6) is 0.